The minimum atomic E-state index is 0.445. The molecule has 2 fully saturated rings. The molecule has 0 amide bonds. The number of nitrogens with two attached hydrogens (primary N) is 1. The molecule has 2 aliphatic rings. The van der Waals surface area contributed by atoms with E-state index in [1.54, 1.807) is 0 Å². The number of nitrogens with zero attached hydrogens (tertiary/aromatic N) is 1. The average molecular weight is 168 g/mol. The molecule has 0 aromatic carbocycles. The van der Waals surface area contributed by atoms with Gasteiger partial charge in [0.2, 0.25) is 0 Å². The van der Waals surface area contributed by atoms with Gasteiger partial charge in [-0.1, -0.05) is 6.92 Å². The standard InChI is InChI=1S/C10H20N2/c1-10(4-5-10)8-12-6-2-3-9(11)7-12/h9H,2-8,11H2,1H3/t9-/m1/s1. The van der Waals surface area contributed by atoms with Crippen LogP contribution in [0.4, 0.5) is 0 Å². The highest BCUT2D eigenvalue weighted by atomic mass is 15.2. The van der Waals surface area contributed by atoms with E-state index in [4.69, 9.17) is 5.73 Å². The molecule has 0 unspecified atom stereocenters. The lowest BCUT2D eigenvalue weighted by molar-refractivity contribution is 0.177. The summed E-state index contributed by atoms with van der Waals surface area (Å²) in [6.45, 7) is 6.10. The summed E-state index contributed by atoms with van der Waals surface area (Å²) < 4.78 is 0. The summed E-state index contributed by atoms with van der Waals surface area (Å²) in [5.41, 5.74) is 6.59. The van der Waals surface area contributed by atoms with Crippen molar-refractivity contribution in [2.45, 2.75) is 38.6 Å². The van der Waals surface area contributed by atoms with E-state index in [-0.39, 0.29) is 0 Å². The highest BCUT2D eigenvalue weighted by Crippen LogP contribution is 2.45. The minimum absolute atomic E-state index is 0.445. The molecule has 2 nitrogen and oxygen atoms in total. The number of likely N-dealkylation sites (tertiary alicyclic amines) is 1. The average Bonchev–Trinajstić information content (AvgIpc) is 2.67. The largest absolute Gasteiger partial charge is 0.327 e. The van der Waals surface area contributed by atoms with Gasteiger partial charge in [0.15, 0.2) is 0 Å². The van der Waals surface area contributed by atoms with Gasteiger partial charge in [-0.3, -0.25) is 0 Å². The first kappa shape index (κ1) is 8.52. The van der Waals surface area contributed by atoms with Gasteiger partial charge in [-0.25, -0.2) is 0 Å². The van der Waals surface area contributed by atoms with Crippen molar-refractivity contribution in [3.05, 3.63) is 0 Å². The van der Waals surface area contributed by atoms with Crippen LogP contribution in [0.15, 0.2) is 0 Å². The van der Waals surface area contributed by atoms with Crippen LogP contribution in [0.2, 0.25) is 0 Å². The van der Waals surface area contributed by atoms with Crippen LogP contribution in [0.3, 0.4) is 0 Å². The summed E-state index contributed by atoms with van der Waals surface area (Å²) in [4.78, 5) is 2.56. The fourth-order valence-corrected chi connectivity index (χ4v) is 2.15. The van der Waals surface area contributed by atoms with Gasteiger partial charge in [0.05, 0.1) is 0 Å². The lowest BCUT2D eigenvalue weighted by Crippen LogP contribution is -2.44. The summed E-state index contributed by atoms with van der Waals surface area (Å²) in [6, 6.07) is 0.445. The maximum Gasteiger partial charge on any atom is 0.0168 e. The predicted octanol–water partition coefficient (Wildman–Crippen LogP) is 1.21. The Kier molecular flexibility index (Phi) is 2.13. The first-order valence-electron chi connectivity index (χ1n) is 5.16. The number of piperidine rings is 1. The van der Waals surface area contributed by atoms with E-state index in [9.17, 15) is 0 Å². The summed E-state index contributed by atoms with van der Waals surface area (Å²) in [5, 5.41) is 0. The predicted molar refractivity (Wildman–Crippen MR) is 51.0 cm³/mol. The van der Waals surface area contributed by atoms with Gasteiger partial charge in [-0.15, -0.1) is 0 Å². The number of hydrogen-bond donors (Lipinski definition) is 1. The molecule has 1 heterocycles. The Morgan fingerprint density at radius 1 is 1.50 bits per heavy atom. The Balaban J connectivity index is 1.79. The van der Waals surface area contributed by atoms with Crippen LogP contribution >= 0.6 is 0 Å². The van der Waals surface area contributed by atoms with Gasteiger partial charge >= 0.3 is 0 Å². The lowest BCUT2D eigenvalue weighted by atomic mass is 10.0. The highest BCUT2D eigenvalue weighted by Gasteiger charge is 2.39. The Labute approximate surface area is 75.1 Å². The maximum atomic E-state index is 5.92. The fourth-order valence-electron chi connectivity index (χ4n) is 2.15. The SMILES string of the molecule is CC1(CN2CCC[C@@H](N)C2)CC1. The van der Waals surface area contributed by atoms with Crippen molar-refractivity contribution in [1.82, 2.24) is 4.90 Å². The van der Waals surface area contributed by atoms with Gasteiger partial charge in [0, 0.05) is 19.1 Å². The van der Waals surface area contributed by atoms with Crippen LogP contribution in [-0.4, -0.2) is 30.6 Å². The third-order valence-electron chi connectivity index (χ3n) is 3.25. The monoisotopic (exact) mass is 168 g/mol. The second-order valence-electron chi connectivity index (χ2n) is 4.95. The topological polar surface area (TPSA) is 29.3 Å². The molecule has 70 valence electrons. The summed E-state index contributed by atoms with van der Waals surface area (Å²) in [6.07, 6.45) is 5.39. The molecule has 0 aromatic rings. The lowest BCUT2D eigenvalue weighted by Gasteiger charge is -2.32. The van der Waals surface area contributed by atoms with E-state index in [0.717, 1.165) is 6.54 Å². The molecule has 0 aromatic heterocycles. The normalized spacial score (nSPS) is 35.0. The van der Waals surface area contributed by atoms with Crippen LogP contribution in [-0.2, 0) is 0 Å². The van der Waals surface area contributed by atoms with Crippen molar-refractivity contribution >= 4 is 0 Å². The molecule has 0 radical (unpaired) electrons. The maximum absolute atomic E-state index is 5.92. The van der Waals surface area contributed by atoms with E-state index >= 15 is 0 Å². The van der Waals surface area contributed by atoms with E-state index < -0.39 is 0 Å². The van der Waals surface area contributed by atoms with Crippen molar-refractivity contribution in [1.29, 1.82) is 0 Å². The van der Waals surface area contributed by atoms with E-state index in [0.29, 0.717) is 11.5 Å². The molecule has 2 heteroatoms. The molecule has 0 spiro atoms. The quantitative estimate of drug-likeness (QED) is 0.671. The molecule has 2 rings (SSSR count). The van der Waals surface area contributed by atoms with Crippen molar-refractivity contribution < 1.29 is 0 Å². The van der Waals surface area contributed by atoms with E-state index in [2.05, 4.69) is 11.8 Å². The third-order valence-corrected chi connectivity index (χ3v) is 3.25. The Morgan fingerprint density at radius 2 is 2.25 bits per heavy atom. The van der Waals surface area contributed by atoms with Crippen molar-refractivity contribution in [2.75, 3.05) is 19.6 Å². The second-order valence-corrected chi connectivity index (χ2v) is 4.95. The van der Waals surface area contributed by atoms with Crippen LogP contribution < -0.4 is 5.73 Å². The Morgan fingerprint density at radius 3 is 2.83 bits per heavy atom. The molecule has 1 saturated carbocycles. The number of rotatable bonds is 2. The molecule has 12 heavy (non-hydrogen) atoms. The first-order valence-corrected chi connectivity index (χ1v) is 5.16. The summed E-state index contributed by atoms with van der Waals surface area (Å²) >= 11 is 0. The van der Waals surface area contributed by atoms with Gasteiger partial charge in [0.1, 0.15) is 0 Å². The van der Waals surface area contributed by atoms with Gasteiger partial charge in [-0.05, 0) is 37.6 Å². The molecule has 0 bridgehead atoms. The van der Waals surface area contributed by atoms with E-state index in [1.807, 2.05) is 0 Å². The number of hydrogen-bond acceptors (Lipinski definition) is 2. The molecule has 1 aliphatic heterocycles. The van der Waals surface area contributed by atoms with Crippen molar-refractivity contribution in [3.63, 3.8) is 0 Å². The van der Waals surface area contributed by atoms with Gasteiger partial charge in [-0.2, -0.15) is 0 Å². The van der Waals surface area contributed by atoms with Crippen molar-refractivity contribution in [2.24, 2.45) is 11.1 Å². The zero-order chi connectivity index (χ0) is 8.60. The third kappa shape index (κ3) is 1.99. The van der Waals surface area contributed by atoms with E-state index in [1.165, 1.54) is 38.8 Å². The van der Waals surface area contributed by atoms with Crippen LogP contribution in [0.5, 0.6) is 0 Å². The zero-order valence-electron chi connectivity index (χ0n) is 8.05. The van der Waals surface area contributed by atoms with Crippen LogP contribution in [0.25, 0.3) is 0 Å². The molecule has 1 aliphatic carbocycles. The fraction of sp³-hybridized carbons (Fsp3) is 1.00. The smallest absolute Gasteiger partial charge is 0.0168 e. The minimum Gasteiger partial charge on any atom is -0.327 e. The first-order chi connectivity index (χ1) is 5.68. The van der Waals surface area contributed by atoms with Crippen LogP contribution in [0.1, 0.15) is 32.6 Å². The Hall–Kier alpha value is -0.0800. The molecular weight excluding hydrogens is 148 g/mol. The Bertz CT molecular complexity index is 163. The zero-order valence-corrected chi connectivity index (χ0v) is 8.05. The molecule has 1 atom stereocenters. The second kappa shape index (κ2) is 3.00. The molecular formula is C10H20N2. The molecule has 2 N–H and O–H groups in total. The van der Waals surface area contributed by atoms with Crippen molar-refractivity contribution in [3.8, 4) is 0 Å². The van der Waals surface area contributed by atoms with Gasteiger partial charge in [0.25, 0.3) is 0 Å². The summed E-state index contributed by atoms with van der Waals surface area (Å²) in [5.74, 6) is 0. The van der Waals surface area contributed by atoms with Gasteiger partial charge < -0.3 is 10.6 Å². The molecule has 1 saturated heterocycles. The van der Waals surface area contributed by atoms with Crippen LogP contribution in [0, 0.1) is 5.41 Å². The summed E-state index contributed by atoms with van der Waals surface area (Å²) in [7, 11) is 0. The highest BCUT2D eigenvalue weighted by molar-refractivity contribution is 4.92.